The second kappa shape index (κ2) is 20.3. The summed E-state index contributed by atoms with van der Waals surface area (Å²) >= 11 is 0. The molecular formula is C40H38Cl2PZr-3. The number of halogens is 2. The molecule has 0 heterocycles. The molecule has 0 N–H and O–H groups in total. The largest absolute Gasteiger partial charge is 2.00 e. The van der Waals surface area contributed by atoms with E-state index < -0.39 is 0 Å². The molecule has 3 atom stereocenters. The van der Waals surface area contributed by atoms with Crippen LogP contribution in [0.4, 0.5) is 0 Å². The van der Waals surface area contributed by atoms with Gasteiger partial charge in [-0.25, -0.2) is 0 Å². The van der Waals surface area contributed by atoms with Crippen LogP contribution in [0.3, 0.4) is 0 Å². The van der Waals surface area contributed by atoms with Gasteiger partial charge in [0.2, 0.25) is 0 Å². The molecular weight excluding hydrogens is 674 g/mol. The van der Waals surface area contributed by atoms with Crippen LogP contribution < -0.4 is 24.8 Å². The number of benzene rings is 3. The third-order valence-corrected chi connectivity index (χ3v) is 7.17. The second-order valence-corrected chi connectivity index (χ2v) is 10.2. The molecule has 0 aliphatic heterocycles. The average molecular weight is 712 g/mol. The van der Waals surface area contributed by atoms with E-state index in [0.717, 1.165) is 0 Å². The maximum Gasteiger partial charge on any atom is 2.00 e. The molecule has 3 unspecified atom stereocenters. The van der Waals surface area contributed by atoms with Crippen molar-refractivity contribution in [2.45, 2.75) is 25.7 Å². The van der Waals surface area contributed by atoms with Crippen LogP contribution in [0.15, 0.2) is 152 Å². The molecule has 0 saturated heterocycles. The topological polar surface area (TPSA) is 0 Å². The van der Waals surface area contributed by atoms with Crippen molar-refractivity contribution in [1.82, 2.24) is 0 Å². The summed E-state index contributed by atoms with van der Waals surface area (Å²) in [7, 11) is 0. The third-order valence-electron chi connectivity index (χ3n) is 7.17. The van der Waals surface area contributed by atoms with Gasteiger partial charge in [0.1, 0.15) is 0 Å². The summed E-state index contributed by atoms with van der Waals surface area (Å²) in [6.45, 7) is 4.32. The Balaban J connectivity index is 0.000000344. The first-order chi connectivity index (χ1) is 19.7. The van der Waals surface area contributed by atoms with Crippen molar-refractivity contribution in [3.63, 3.8) is 0 Å². The predicted octanol–water partition coefficient (Wildman–Crippen LogP) is 4.41. The van der Waals surface area contributed by atoms with Crippen LogP contribution >= 0.6 is 9.90 Å². The zero-order valence-corrected chi connectivity index (χ0v) is 30.6. The van der Waals surface area contributed by atoms with Crippen molar-refractivity contribution in [2.24, 2.45) is 0 Å². The Bertz CT molecular complexity index is 1480. The standard InChI is InChI=1S/2C17H15.C6H5.2ClH.H3P.Zr/c2*1-13-11-15-9-5-6-10-16(17(15)12-13)14-7-3-2-4-8-14;1-2-4-6-5-3-1;;;;/h2*2-12,16H,1H3;1-5H;2*1H;1H3;/q3*-1;;;;+2/p-2. The zero-order valence-electron chi connectivity index (χ0n) is 25.2. The van der Waals surface area contributed by atoms with Gasteiger partial charge >= 0.3 is 26.2 Å². The quantitative estimate of drug-likeness (QED) is 0.188. The van der Waals surface area contributed by atoms with Gasteiger partial charge in [-0.3, -0.25) is 0 Å². The van der Waals surface area contributed by atoms with E-state index in [0.29, 0.717) is 11.8 Å². The molecule has 44 heavy (non-hydrogen) atoms. The average Bonchev–Trinajstić information content (AvgIpc) is 3.41. The minimum Gasteiger partial charge on any atom is -1.00 e. The van der Waals surface area contributed by atoms with Crippen LogP contribution in [0.1, 0.15) is 56.3 Å². The number of aryl methyl sites for hydroxylation is 2. The Morgan fingerprint density at radius 3 is 1.27 bits per heavy atom. The molecule has 5 aromatic rings. The predicted molar refractivity (Wildman–Crippen MR) is 183 cm³/mol. The normalized spacial score (nSPS) is 14.9. The summed E-state index contributed by atoms with van der Waals surface area (Å²) in [5.41, 5.74) is 10.9. The SMILES string of the molecule is Cc1cc2c([cH-]1)C=CC=CC2c1ccccc1.Cc1cc2c([cH-]1)C=CC=CC2c1ccccc1.P.[Cl-].[Cl-].[Zr+2].[c-]1ccccc1. The summed E-state index contributed by atoms with van der Waals surface area (Å²) < 4.78 is 0. The molecule has 0 aromatic heterocycles. The van der Waals surface area contributed by atoms with Crippen molar-refractivity contribution in [3.05, 3.63) is 202 Å². The van der Waals surface area contributed by atoms with E-state index in [2.05, 4.69) is 153 Å². The van der Waals surface area contributed by atoms with Gasteiger partial charge < -0.3 is 24.8 Å². The molecule has 224 valence electrons. The van der Waals surface area contributed by atoms with Crippen LogP contribution in [0, 0.1) is 19.9 Å². The van der Waals surface area contributed by atoms with Crippen molar-refractivity contribution in [3.8, 4) is 0 Å². The summed E-state index contributed by atoms with van der Waals surface area (Å²) in [6, 6.07) is 43.0. The van der Waals surface area contributed by atoms with E-state index >= 15 is 0 Å². The van der Waals surface area contributed by atoms with E-state index in [9.17, 15) is 0 Å². The van der Waals surface area contributed by atoms with Gasteiger partial charge in [0.25, 0.3) is 0 Å². The van der Waals surface area contributed by atoms with Crippen LogP contribution in [0.2, 0.25) is 0 Å². The number of rotatable bonds is 2. The van der Waals surface area contributed by atoms with Crippen LogP contribution in [0.5, 0.6) is 0 Å². The Labute approximate surface area is 299 Å². The van der Waals surface area contributed by atoms with Gasteiger partial charge in [-0.05, 0) is 23.0 Å². The Morgan fingerprint density at radius 1 is 0.545 bits per heavy atom. The molecule has 2 aliphatic carbocycles. The monoisotopic (exact) mass is 709 g/mol. The number of allylic oxidation sites excluding steroid dienone is 6. The summed E-state index contributed by atoms with van der Waals surface area (Å²) in [5, 5.41) is 0. The molecule has 2 aliphatic rings. The molecule has 0 amide bonds. The van der Waals surface area contributed by atoms with Crippen LogP contribution in [0.25, 0.3) is 12.2 Å². The summed E-state index contributed by atoms with van der Waals surface area (Å²) in [5.74, 6) is 0.768. The third kappa shape index (κ3) is 10.7. The fourth-order valence-corrected chi connectivity index (χ4v) is 5.35. The summed E-state index contributed by atoms with van der Waals surface area (Å²) in [6.07, 6.45) is 17.5. The van der Waals surface area contributed by atoms with E-state index in [1.165, 1.54) is 44.5 Å². The van der Waals surface area contributed by atoms with Crippen LogP contribution in [-0.2, 0) is 26.2 Å². The summed E-state index contributed by atoms with van der Waals surface area (Å²) in [4.78, 5) is 0. The van der Waals surface area contributed by atoms with Gasteiger partial charge in [0.15, 0.2) is 0 Å². The fourth-order valence-electron chi connectivity index (χ4n) is 5.35. The van der Waals surface area contributed by atoms with Crippen molar-refractivity contribution < 1.29 is 51.0 Å². The fraction of sp³-hybridized carbons (Fsp3) is 0.100. The van der Waals surface area contributed by atoms with Gasteiger partial charge in [0, 0.05) is 0 Å². The molecule has 0 radical (unpaired) electrons. The molecule has 0 nitrogen and oxygen atoms in total. The Kier molecular flexibility index (Phi) is 18.1. The van der Waals surface area contributed by atoms with E-state index in [-0.39, 0.29) is 60.9 Å². The number of hydrogen-bond acceptors (Lipinski definition) is 0. The maximum atomic E-state index is 2.89. The van der Waals surface area contributed by atoms with Gasteiger partial charge in [0.05, 0.1) is 0 Å². The first-order valence-electron chi connectivity index (χ1n) is 13.9. The minimum atomic E-state index is 0. The molecule has 4 heteroatoms. The molecule has 5 aromatic carbocycles. The van der Waals surface area contributed by atoms with Crippen LogP contribution in [-0.4, -0.2) is 0 Å². The van der Waals surface area contributed by atoms with E-state index in [1.54, 1.807) is 0 Å². The second-order valence-electron chi connectivity index (χ2n) is 10.2. The number of fused-ring (bicyclic) bond motifs is 2. The Hall–Kier alpha value is -2.79. The first kappa shape index (κ1) is 39.2. The minimum absolute atomic E-state index is 0. The van der Waals surface area contributed by atoms with Crippen molar-refractivity contribution >= 4 is 22.1 Å². The molecule has 7 rings (SSSR count). The van der Waals surface area contributed by atoms with Gasteiger partial charge in [-0.2, -0.15) is 80.7 Å². The number of hydrogen-bond donors (Lipinski definition) is 0. The zero-order chi connectivity index (χ0) is 27.6. The van der Waals surface area contributed by atoms with Crippen molar-refractivity contribution in [2.75, 3.05) is 0 Å². The van der Waals surface area contributed by atoms with E-state index in [4.69, 9.17) is 0 Å². The Morgan fingerprint density at radius 2 is 0.932 bits per heavy atom. The molecule has 0 saturated carbocycles. The molecule has 0 bridgehead atoms. The van der Waals surface area contributed by atoms with Gasteiger partial charge in [-0.15, -0.1) is 47.6 Å². The molecule has 0 fully saturated rings. The first-order valence-corrected chi connectivity index (χ1v) is 13.9. The van der Waals surface area contributed by atoms with Crippen molar-refractivity contribution in [1.29, 1.82) is 0 Å². The molecule has 0 spiro atoms. The van der Waals surface area contributed by atoms with E-state index in [1.807, 2.05) is 30.3 Å². The smallest absolute Gasteiger partial charge is 1.00 e. The maximum absolute atomic E-state index is 2.89. The van der Waals surface area contributed by atoms with Gasteiger partial charge in [-0.1, -0.05) is 98.8 Å².